The Morgan fingerprint density at radius 2 is 1.68 bits per heavy atom. The van der Waals surface area contributed by atoms with Crippen molar-refractivity contribution in [2.45, 2.75) is 0 Å². The Balaban J connectivity index is 2.24. The molecule has 92 valence electrons. The third-order valence-electron chi connectivity index (χ3n) is 2.91. The Hall–Kier alpha value is -2.75. The van der Waals surface area contributed by atoms with Crippen LogP contribution in [0, 0.1) is 0 Å². The van der Waals surface area contributed by atoms with Crippen LogP contribution in [-0.4, -0.2) is 16.3 Å². The summed E-state index contributed by atoms with van der Waals surface area (Å²) in [6.45, 7) is 0. The van der Waals surface area contributed by atoms with Gasteiger partial charge in [0.25, 0.3) is 0 Å². The summed E-state index contributed by atoms with van der Waals surface area (Å²) in [5.74, 6) is 0.529. The molecule has 4 nitrogen and oxygen atoms in total. The van der Waals surface area contributed by atoms with Crippen LogP contribution in [0.2, 0.25) is 0 Å². The number of hydrogen-bond donors (Lipinski definition) is 1. The van der Waals surface area contributed by atoms with E-state index in [0.29, 0.717) is 17.2 Å². The van der Waals surface area contributed by atoms with Gasteiger partial charge in [0.1, 0.15) is 5.69 Å². The highest BCUT2D eigenvalue weighted by atomic mass is 16.1. The largest absolute Gasteiger partial charge is 0.399 e. The number of anilines is 1. The van der Waals surface area contributed by atoms with E-state index in [-0.39, 0.29) is 0 Å². The second-order valence-electron chi connectivity index (χ2n) is 4.19. The number of aldehydes is 1. The minimum atomic E-state index is 0.400. The molecule has 4 heteroatoms. The fourth-order valence-corrected chi connectivity index (χ4v) is 1.95. The molecule has 0 atom stereocenters. The van der Waals surface area contributed by atoms with Crippen molar-refractivity contribution in [3.8, 4) is 11.4 Å². The maximum absolute atomic E-state index is 11.1. The highest BCUT2D eigenvalue weighted by Gasteiger charge is 2.08. The molecule has 0 aliphatic rings. The van der Waals surface area contributed by atoms with Crippen molar-refractivity contribution in [2.75, 3.05) is 5.73 Å². The zero-order valence-corrected chi connectivity index (χ0v) is 10.1. The van der Waals surface area contributed by atoms with Crippen molar-refractivity contribution in [1.82, 2.24) is 9.97 Å². The molecule has 0 spiro atoms. The average Bonchev–Trinajstić information content (AvgIpc) is 2.47. The number of fused-ring (bicyclic) bond motifs is 1. The number of para-hydroxylation sites is 1. The summed E-state index contributed by atoms with van der Waals surface area (Å²) < 4.78 is 0. The van der Waals surface area contributed by atoms with Crippen LogP contribution in [-0.2, 0) is 0 Å². The van der Waals surface area contributed by atoms with Gasteiger partial charge in [-0.3, -0.25) is 4.79 Å². The van der Waals surface area contributed by atoms with E-state index in [2.05, 4.69) is 9.97 Å². The minimum absolute atomic E-state index is 0.400. The third-order valence-corrected chi connectivity index (χ3v) is 2.91. The summed E-state index contributed by atoms with van der Waals surface area (Å²) in [6, 6.07) is 14.7. The van der Waals surface area contributed by atoms with Gasteiger partial charge < -0.3 is 5.73 Å². The summed E-state index contributed by atoms with van der Waals surface area (Å²) in [4.78, 5) is 19.9. The van der Waals surface area contributed by atoms with Crippen LogP contribution in [0.25, 0.3) is 22.3 Å². The SMILES string of the molecule is Nc1ccc(-c2nc(C=O)c3ccccc3n2)cc1. The number of hydrogen-bond acceptors (Lipinski definition) is 4. The highest BCUT2D eigenvalue weighted by Crippen LogP contribution is 2.21. The first-order chi connectivity index (χ1) is 9.28. The lowest BCUT2D eigenvalue weighted by molar-refractivity contribution is 0.112. The topological polar surface area (TPSA) is 68.9 Å². The molecule has 0 saturated heterocycles. The lowest BCUT2D eigenvalue weighted by atomic mass is 10.1. The van der Waals surface area contributed by atoms with E-state index in [0.717, 1.165) is 22.8 Å². The van der Waals surface area contributed by atoms with Crippen molar-refractivity contribution in [2.24, 2.45) is 0 Å². The first-order valence-electron chi connectivity index (χ1n) is 5.86. The molecule has 1 heterocycles. The number of nitrogen functional groups attached to an aromatic ring is 1. The van der Waals surface area contributed by atoms with Crippen LogP contribution >= 0.6 is 0 Å². The number of nitrogens with two attached hydrogens (primary N) is 1. The fourth-order valence-electron chi connectivity index (χ4n) is 1.95. The second kappa shape index (κ2) is 4.49. The van der Waals surface area contributed by atoms with Crippen molar-refractivity contribution < 1.29 is 4.79 Å². The average molecular weight is 249 g/mol. The van der Waals surface area contributed by atoms with E-state index in [1.807, 2.05) is 36.4 Å². The van der Waals surface area contributed by atoms with Gasteiger partial charge in [-0.2, -0.15) is 0 Å². The van der Waals surface area contributed by atoms with Crippen LogP contribution < -0.4 is 5.73 Å². The first kappa shape index (κ1) is 11.3. The Labute approximate surface area is 109 Å². The van der Waals surface area contributed by atoms with Gasteiger partial charge in [-0.05, 0) is 30.3 Å². The molecule has 0 aliphatic heterocycles. The number of carbonyl (C=O) groups is 1. The number of rotatable bonds is 2. The van der Waals surface area contributed by atoms with Gasteiger partial charge in [-0.15, -0.1) is 0 Å². The number of carbonyl (C=O) groups excluding carboxylic acids is 1. The Bertz CT molecular complexity index is 751. The molecule has 3 rings (SSSR count). The zero-order valence-electron chi connectivity index (χ0n) is 10.1. The molecule has 0 bridgehead atoms. The fraction of sp³-hybridized carbons (Fsp3) is 0. The Kier molecular flexibility index (Phi) is 2.68. The van der Waals surface area contributed by atoms with Gasteiger partial charge >= 0.3 is 0 Å². The van der Waals surface area contributed by atoms with E-state index in [1.54, 1.807) is 12.1 Å². The molecular weight excluding hydrogens is 238 g/mol. The molecule has 0 radical (unpaired) electrons. The molecule has 19 heavy (non-hydrogen) atoms. The molecule has 0 fully saturated rings. The van der Waals surface area contributed by atoms with Crippen LogP contribution in [0.15, 0.2) is 48.5 Å². The van der Waals surface area contributed by atoms with E-state index in [1.165, 1.54) is 0 Å². The lowest BCUT2D eigenvalue weighted by Crippen LogP contribution is -1.97. The van der Waals surface area contributed by atoms with Crippen LogP contribution in [0.5, 0.6) is 0 Å². The third kappa shape index (κ3) is 2.04. The van der Waals surface area contributed by atoms with Crippen molar-refractivity contribution >= 4 is 22.9 Å². The number of benzene rings is 2. The Morgan fingerprint density at radius 3 is 2.42 bits per heavy atom. The van der Waals surface area contributed by atoms with E-state index in [4.69, 9.17) is 5.73 Å². The van der Waals surface area contributed by atoms with Crippen LogP contribution in [0.1, 0.15) is 10.5 Å². The maximum Gasteiger partial charge on any atom is 0.169 e. The second-order valence-corrected chi connectivity index (χ2v) is 4.19. The molecule has 0 amide bonds. The van der Waals surface area contributed by atoms with Crippen molar-refractivity contribution in [3.63, 3.8) is 0 Å². The van der Waals surface area contributed by atoms with E-state index in [9.17, 15) is 4.79 Å². The maximum atomic E-state index is 11.1. The van der Waals surface area contributed by atoms with Gasteiger partial charge in [0.05, 0.1) is 5.52 Å². The summed E-state index contributed by atoms with van der Waals surface area (Å²) in [7, 11) is 0. The minimum Gasteiger partial charge on any atom is -0.399 e. The molecule has 0 aliphatic carbocycles. The van der Waals surface area contributed by atoms with Gasteiger partial charge in [-0.1, -0.05) is 18.2 Å². The number of aromatic nitrogens is 2. The quantitative estimate of drug-likeness (QED) is 0.560. The van der Waals surface area contributed by atoms with Gasteiger partial charge in [0.15, 0.2) is 12.1 Å². The first-order valence-corrected chi connectivity index (χ1v) is 5.86. The van der Waals surface area contributed by atoms with Gasteiger partial charge in [-0.25, -0.2) is 9.97 Å². The predicted molar refractivity (Wildman–Crippen MR) is 74.8 cm³/mol. The van der Waals surface area contributed by atoms with E-state index >= 15 is 0 Å². The monoisotopic (exact) mass is 249 g/mol. The van der Waals surface area contributed by atoms with E-state index < -0.39 is 0 Å². The Morgan fingerprint density at radius 1 is 0.947 bits per heavy atom. The normalized spacial score (nSPS) is 10.5. The van der Waals surface area contributed by atoms with Crippen LogP contribution in [0.4, 0.5) is 5.69 Å². The number of nitrogens with zero attached hydrogens (tertiary/aromatic N) is 2. The summed E-state index contributed by atoms with van der Waals surface area (Å²) in [5.41, 5.74) is 8.33. The van der Waals surface area contributed by atoms with Crippen LogP contribution in [0.3, 0.4) is 0 Å². The van der Waals surface area contributed by atoms with Crippen molar-refractivity contribution in [3.05, 3.63) is 54.2 Å². The van der Waals surface area contributed by atoms with Crippen molar-refractivity contribution in [1.29, 1.82) is 0 Å². The standard InChI is InChI=1S/C15H11N3O/c16-11-7-5-10(6-8-11)15-17-13-4-2-1-3-12(13)14(9-19)18-15/h1-9H,16H2. The summed E-state index contributed by atoms with van der Waals surface area (Å²) >= 11 is 0. The van der Waals surface area contributed by atoms with Gasteiger partial charge in [0, 0.05) is 16.6 Å². The zero-order chi connectivity index (χ0) is 13.2. The molecule has 0 saturated carbocycles. The molecule has 3 aromatic rings. The molecular formula is C15H11N3O. The smallest absolute Gasteiger partial charge is 0.169 e. The van der Waals surface area contributed by atoms with Gasteiger partial charge in [0.2, 0.25) is 0 Å². The molecule has 1 aromatic heterocycles. The predicted octanol–water partition coefficient (Wildman–Crippen LogP) is 2.69. The summed E-state index contributed by atoms with van der Waals surface area (Å²) in [5, 5.41) is 0.761. The summed E-state index contributed by atoms with van der Waals surface area (Å²) in [6.07, 6.45) is 0.755. The highest BCUT2D eigenvalue weighted by molar-refractivity contribution is 5.95. The molecule has 2 aromatic carbocycles. The lowest BCUT2D eigenvalue weighted by Gasteiger charge is -2.05. The molecule has 2 N–H and O–H groups in total. The molecule has 0 unspecified atom stereocenters.